The van der Waals surface area contributed by atoms with E-state index in [2.05, 4.69) is 29.6 Å². The fraction of sp³-hybridized carbons (Fsp3) is 0.286. The van der Waals surface area contributed by atoms with E-state index in [0.29, 0.717) is 0 Å². The van der Waals surface area contributed by atoms with Gasteiger partial charge in [-0.3, -0.25) is 4.79 Å². The minimum Gasteiger partial charge on any atom is -0.322 e. The number of anilines is 1. The molecule has 0 aliphatic heterocycles. The summed E-state index contributed by atoms with van der Waals surface area (Å²) in [6.45, 7) is 4.07. The second-order valence-corrected chi connectivity index (χ2v) is 9.50. The van der Waals surface area contributed by atoms with E-state index in [9.17, 15) is 4.79 Å². The monoisotopic (exact) mass is 442 g/mol. The lowest BCUT2D eigenvalue weighted by atomic mass is 9.96. The highest BCUT2D eigenvalue weighted by atomic mass is 32.1. The molecule has 3 nitrogen and oxygen atoms in total. The van der Waals surface area contributed by atoms with Crippen molar-refractivity contribution in [3.8, 4) is 0 Å². The number of nitrogens with one attached hydrogen (secondary N) is 1. The molecule has 1 N–H and O–H groups in total. The van der Waals surface area contributed by atoms with Crippen molar-refractivity contribution < 1.29 is 4.79 Å². The van der Waals surface area contributed by atoms with Crippen LogP contribution in [0, 0.1) is 13.8 Å². The molecular formula is C28H30N2OS. The first-order chi connectivity index (χ1) is 15.6. The van der Waals surface area contributed by atoms with Crippen molar-refractivity contribution in [2.45, 2.75) is 52.4 Å². The molecule has 0 saturated carbocycles. The van der Waals surface area contributed by atoms with Gasteiger partial charge in [-0.15, -0.1) is 11.3 Å². The molecule has 2 aromatic carbocycles. The number of thiophene rings is 1. The molecule has 0 unspecified atom stereocenters. The van der Waals surface area contributed by atoms with E-state index >= 15 is 0 Å². The van der Waals surface area contributed by atoms with Crippen molar-refractivity contribution in [1.82, 2.24) is 0 Å². The zero-order chi connectivity index (χ0) is 22.3. The normalized spacial score (nSPS) is 14.3. The van der Waals surface area contributed by atoms with Gasteiger partial charge in [0.1, 0.15) is 5.00 Å². The van der Waals surface area contributed by atoms with Crippen molar-refractivity contribution in [3.63, 3.8) is 0 Å². The maximum absolute atomic E-state index is 13.5. The lowest BCUT2D eigenvalue weighted by Gasteiger charge is -2.13. The molecule has 0 bridgehead atoms. The van der Waals surface area contributed by atoms with Crippen LogP contribution in [0.5, 0.6) is 0 Å². The van der Waals surface area contributed by atoms with Crippen LogP contribution in [0.3, 0.4) is 0 Å². The molecule has 32 heavy (non-hydrogen) atoms. The summed E-state index contributed by atoms with van der Waals surface area (Å²) in [7, 11) is 0. The summed E-state index contributed by atoms with van der Waals surface area (Å²) in [5, 5.41) is 3.99. The number of carbonyl (C=O) groups is 1. The third-order valence-electron chi connectivity index (χ3n) is 5.89. The van der Waals surface area contributed by atoms with Crippen LogP contribution < -0.4 is 5.32 Å². The molecule has 1 amide bonds. The predicted molar refractivity (Wildman–Crippen MR) is 138 cm³/mol. The maximum Gasteiger partial charge on any atom is 0.259 e. The Morgan fingerprint density at radius 2 is 1.78 bits per heavy atom. The average molecular weight is 443 g/mol. The van der Waals surface area contributed by atoms with E-state index in [-0.39, 0.29) is 5.91 Å². The van der Waals surface area contributed by atoms with E-state index in [1.165, 1.54) is 29.7 Å². The molecule has 1 aliphatic carbocycles. The SMILES string of the molecule is Cc1ccc(C)c(NC(=O)c2c(N=C/C=C/c3ccccc3)sc3c2CCCCCC3)c1. The van der Waals surface area contributed by atoms with Crippen LogP contribution in [0.15, 0.2) is 59.6 Å². The number of hydrogen-bond acceptors (Lipinski definition) is 3. The lowest BCUT2D eigenvalue weighted by Crippen LogP contribution is -2.15. The Morgan fingerprint density at radius 1 is 1.00 bits per heavy atom. The molecule has 3 aromatic rings. The number of rotatable bonds is 5. The fourth-order valence-electron chi connectivity index (χ4n) is 4.11. The number of aryl methyl sites for hydroxylation is 3. The molecule has 0 spiro atoms. The molecule has 164 valence electrons. The third kappa shape index (κ3) is 5.43. The molecule has 0 radical (unpaired) electrons. The molecule has 1 heterocycles. The van der Waals surface area contributed by atoms with Crippen molar-refractivity contribution in [3.05, 3.63) is 87.3 Å². The number of amides is 1. The molecular weight excluding hydrogens is 412 g/mol. The minimum absolute atomic E-state index is 0.0454. The van der Waals surface area contributed by atoms with Crippen molar-refractivity contribution in [1.29, 1.82) is 0 Å². The van der Waals surface area contributed by atoms with E-state index in [0.717, 1.165) is 52.2 Å². The standard InChI is InChI=1S/C28H30N2OS/c1-20-16-17-21(2)24(19-20)30-27(31)26-23-14-8-3-4-9-15-25(23)32-28(26)29-18-10-13-22-11-6-5-7-12-22/h5-7,10-13,16-19H,3-4,8-9,14-15H2,1-2H3,(H,30,31)/b13-10+,29-18?. The van der Waals surface area contributed by atoms with Crippen LogP contribution in [0.2, 0.25) is 0 Å². The Morgan fingerprint density at radius 3 is 2.59 bits per heavy atom. The van der Waals surface area contributed by atoms with Gasteiger partial charge in [0.05, 0.1) is 5.56 Å². The van der Waals surface area contributed by atoms with Crippen LogP contribution in [-0.4, -0.2) is 12.1 Å². The summed E-state index contributed by atoms with van der Waals surface area (Å²) >= 11 is 1.68. The molecule has 0 saturated heterocycles. The van der Waals surface area contributed by atoms with E-state index in [4.69, 9.17) is 4.99 Å². The molecule has 1 aliphatic rings. The second kappa shape index (κ2) is 10.6. The van der Waals surface area contributed by atoms with Gasteiger partial charge in [0, 0.05) is 16.8 Å². The van der Waals surface area contributed by atoms with E-state index in [1.807, 2.05) is 50.3 Å². The van der Waals surface area contributed by atoms with Gasteiger partial charge in [0.25, 0.3) is 5.91 Å². The molecule has 0 atom stereocenters. The van der Waals surface area contributed by atoms with Crippen LogP contribution in [0.1, 0.15) is 63.2 Å². The summed E-state index contributed by atoms with van der Waals surface area (Å²) in [5.41, 5.74) is 6.17. The number of allylic oxidation sites excluding steroid dienone is 1. The summed E-state index contributed by atoms with van der Waals surface area (Å²) in [6, 6.07) is 16.3. The van der Waals surface area contributed by atoms with Gasteiger partial charge >= 0.3 is 0 Å². The van der Waals surface area contributed by atoms with Gasteiger partial charge in [-0.2, -0.15) is 0 Å². The van der Waals surface area contributed by atoms with Crippen LogP contribution in [-0.2, 0) is 12.8 Å². The molecule has 4 rings (SSSR count). The largest absolute Gasteiger partial charge is 0.322 e. The van der Waals surface area contributed by atoms with Gasteiger partial charge in [-0.1, -0.05) is 61.4 Å². The highest BCUT2D eigenvalue weighted by Gasteiger charge is 2.24. The van der Waals surface area contributed by atoms with Gasteiger partial charge in [-0.05, 0) is 73.9 Å². The van der Waals surface area contributed by atoms with Gasteiger partial charge < -0.3 is 5.32 Å². The van der Waals surface area contributed by atoms with Crippen LogP contribution in [0.4, 0.5) is 10.7 Å². The Bertz CT molecular complexity index is 1140. The highest BCUT2D eigenvalue weighted by Crippen LogP contribution is 2.39. The first kappa shape index (κ1) is 22.2. The topological polar surface area (TPSA) is 41.5 Å². The zero-order valence-corrected chi connectivity index (χ0v) is 19.7. The van der Waals surface area contributed by atoms with Crippen LogP contribution in [0.25, 0.3) is 6.08 Å². The number of fused-ring (bicyclic) bond motifs is 1. The number of hydrogen-bond donors (Lipinski definition) is 1. The summed E-state index contributed by atoms with van der Waals surface area (Å²) < 4.78 is 0. The Labute approximate surface area is 194 Å². The number of nitrogens with zero attached hydrogens (tertiary/aromatic N) is 1. The number of carbonyl (C=O) groups excluding carboxylic acids is 1. The Kier molecular flexibility index (Phi) is 7.33. The Balaban J connectivity index is 1.65. The first-order valence-corrected chi connectivity index (χ1v) is 12.2. The van der Waals surface area contributed by atoms with Crippen molar-refractivity contribution in [2.75, 3.05) is 5.32 Å². The molecule has 0 fully saturated rings. The summed E-state index contributed by atoms with van der Waals surface area (Å²) in [6.07, 6.45) is 12.6. The van der Waals surface area contributed by atoms with E-state index < -0.39 is 0 Å². The lowest BCUT2D eigenvalue weighted by molar-refractivity contribution is 0.102. The third-order valence-corrected chi connectivity index (χ3v) is 7.09. The van der Waals surface area contributed by atoms with Gasteiger partial charge in [0.2, 0.25) is 0 Å². The van der Waals surface area contributed by atoms with Crippen molar-refractivity contribution >= 4 is 40.2 Å². The van der Waals surface area contributed by atoms with Gasteiger partial charge in [-0.25, -0.2) is 4.99 Å². The van der Waals surface area contributed by atoms with Crippen molar-refractivity contribution in [2.24, 2.45) is 4.99 Å². The predicted octanol–water partition coefficient (Wildman–Crippen LogP) is 7.69. The zero-order valence-electron chi connectivity index (χ0n) is 18.9. The maximum atomic E-state index is 13.5. The smallest absolute Gasteiger partial charge is 0.259 e. The summed E-state index contributed by atoms with van der Waals surface area (Å²) in [5.74, 6) is -0.0454. The quantitative estimate of drug-likeness (QED) is 0.404. The Hall–Kier alpha value is -2.98. The number of aliphatic imine (C=N–C) groups is 1. The first-order valence-electron chi connectivity index (χ1n) is 11.4. The molecule has 4 heteroatoms. The minimum atomic E-state index is -0.0454. The number of benzene rings is 2. The fourth-order valence-corrected chi connectivity index (χ4v) is 5.35. The van der Waals surface area contributed by atoms with Gasteiger partial charge in [0.15, 0.2) is 0 Å². The second-order valence-electron chi connectivity index (χ2n) is 8.42. The van der Waals surface area contributed by atoms with E-state index in [1.54, 1.807) is 17.6 Å². The molecule has 1 aromatic heterocycles. The average Bonchev–Trinajstić information content (AvgIpc) is 3.11. The highest BCUT2D eigenvalue weighted by molar-refractivity contribution is 7.16. The van der Waals surface area contributed by atoms with Crippen LogP contribution >= 0.6 is 11.3 Å². The summed E-state index contributed by atoms with van der Waals surface area (Å²) in [4.78, 5) is 19.6.